The van der Waals surface area contributed by atoms with Crippen LogP contribution < -0.4 is 10.4 Å². The van der Waals surface area contributed by atoms with E-state index in [-0.39, 0.29) is 0 Å². The summed E-state index contributed by atoms with van der Waals surface area (Å²) in [6, 6.07) is 8.03. The molecule has 0 radical (unpaired) electrons. The van der Waals surface area contributed by atoms with E-state index in [0.717, 1.165) is 5.54 Å². The molecule has 1 N–H and O–H groups in total. The van der Waals surface area contributed by atoms with Crippen molar-refractivity contribution in [2.24, 2.45) is 0 Å². The van der Waals surface area contributed by atoms with Crippen LogP contribution in [0.5, 0.6) is 0 Å². The summed E-state index contributed by atoms with van der Waals surface area (Å²) in [5.74, 6) is 0. The van der Waals surface area contributed by atoms with Gasteiger partial charge in [-0.1, -0.05) is 22.7 Å². The summed E-state index contributed by atoms with van der Waals surface area (Å²) >= 11 is 0. The zero-order valence-electron chi connectivity index (χ0n) is 6.62. The molecule has 0 heterocycles. The van der Waals surface area contributed by atoms with Crippen LogP contribution in [-0.2, 0) is 0 Å². The fourth-order valence-electron chi connectivity index (χ4n) is 0.832. The Kier molecular flexibility index (Phi) is 2.63. The van der Waals surface area contributed by atoms with Crippen molar-refractivity contribution in [3.05, 3.63) is 30.3 Å². The van der Waals surface area contributed by atoms with Crippen LogP contribution in [-0.4, -0.2) is 13.1 Å². The van der Waals surface area contributed by atoms with Gasteiger partial charge in [0.1, 0.15) is 0 Å². The minimum Gasteiger partial charge on any atom is -0.296 e. The average Bonchev–Trinajstić information content (AvgIpc) is 2.17. The molecule has 4 heteroatoms. The number of rotatable bonds is 1. The van der Waals surface area contributed by atoms with E-state index in [2.05, 4.69) is 0 Å². The Morgan fingerprint density at radius 1 is 1.42 bits per heavy atom. The highest BCUT2D eigenvalue weighted by molar-refractivity contribution is 5.90. The lowest BCUT2D eigenvalue weighted by Gasteiger charge is -2.14. The SMILES string of the molecule is CN(C(=O)NF)c1ccccc1. The number of urea groups is 1. The summed E-state index contributed by atoms with van der Waals surface area (Å²) in [6.45, 7) is 0. The van der Waals surface area contributed by atoms with Gasteiger partial charge in [-0.05, 0) is 12.1 Å². The molecule has 0 aliphatic carbocycles. The molecule has 0 aromatic heterocycles. The largest absolute Gasteiger partial charge is 0.349 e. The lowest BCUT2D eigenvalue weighted by Crippen LogP contribution is -2.32. The summed E-state index contributed by atoms with van der Waals surface area (Å²) in [5, 5.41) is 0. The van der Waals surface area contributed by atoms with Crippen LogP contribution in [0.2, 0.25) is 0 Å². The lowest BCUT2D eigenvalue weighted by molar-refractivity contribution is 0.224. The standard InChI is InChI=1S/C8H9FN2O/c1-11(8(12)10-9)7-5-3-2-4-6-7/h2-6H,1H3,(H,10,12). The van der Waals surface area contributed by atoms with Crippen LogP contribution in [0.15, 0.2) is 30.3 Å². The third-order valence-corrected chi connectivity index (χ3v) is 1.53. The van der Waals surface area contributed by atoms with Gasteiger partial charge in [0.05, 0.1) is 0 Å². The molecule has 1 aromatic rings. The van der Waals surface area contributed by atoms with E-state index in [1.54, 1.807) is 24.3 Å². The molecule has 64 valence electrons. The van der Waals surface area contributed by atoms with E-state index in [0.29, 0.717) is 5.69 Å². The number of hydrogen-bond acceptors (Lipinski definition) is 1. The highest BCUT2D eigenvalue weighted by Gasteiger charge is 2.08. The smallest absolute Gasteiger partial charge is 0.296 e. The van der Waals surface area contributed by atoms with Crippen LogP contribution in [0.3, 0.4) is 0 Å². The maximum absolute atomic E-state index is 11.7. The number of carbonyl (C=O) groups excluding carboxylic acids is 1. The summed E-state index contributed by atoms with van der Waals surface area (Å²) in [7, 11) is 1.49. The molecule has 0 aliphatic heterocycles. The van der Waals surface area contributed by atoms with Crippen molar-refractivity contribution in [2.45, 2.75) is 0 Å². The van der Waals surface area contributed by atoms with Gasteiger partial charge in [0, 0.05) is 12.7 Å². The molecule has 0 saturated carbocycles. The molecular formula is C8H9FN2O. The molecule has 12 heavy (non-hydrogen) atoms. The first-order valence-electron chi connectivity index (χ1n) is 3.45. The molecule has 0 saturated heterocycles. The summed E-state index contributed by atoms with van der Waals surface area (Å²) in [6.07, 6.45) is 0. The second kappa shape index (κ2) is 3.71. The maximum atomic E-state index is 11.7. The van der Waals surface area contributed by atoms with E-state index < -0.39 is 6.03 Å². The topological polar surface area (TPSA) is 32.3 Å². The van der Waals surface area contributed by atoms with Crippen molar-refractivity contribution in [3.8, 4) is 0 Å². The van der Waals surface area contributed by atoms with Gasteiger partial charge in [-0.2, -0.15) is 5.54 Å². The van der Waals surface area contributed by atoms with Crippen molar-refractivity contribution in [1.82, 2.24) is 5.54 Å². The first-order valence-corrected chi connectivity index (χ1v) is 3.45. The molecule has 0 spiro atoms. The number of halogens is 1. The fourth-order valence-corrected chi connectivity index (χ4v) is 0.832. The summed E-state index contributed by atoms with van der Waals surface area (Å²) < 4.78 is 11.7. The van der Waals surface area contributed by atoms with Crippen molar-refractivity contribution in [3.63, 3.8) is 0 Å². The van der Waals surface area contributed by atoms with Crippen LogP contribution in [0, 0.1) is 0 Å². The first-order chi connectivity index (χ1) is 5.75. The van der Waals surface area contributed by atoms with E-state index in [1.165, 1.54) is 11.9 Å². The molecule has 1 aromatic carbocycles. The van der Waals surface area contributed by atoms with Crippen LogP contribution in [0.4, 0.5) is 15.0 Å². The second-order valence-corrected chi connectivity index (χ2v) is 2.29. The molecule has 0 unspecified atom stereocenters. The van der Waals surface area contributed by atoms with Crippen LogP contribution in [0.25, 0.3) is 0 Å². The number of nitrogens with one attached hydrogen (secondary N) is 1. The molecule has 0 fully saturated rings. The number of hydrogen-bond donors (Lipinski definition) is 1. The monoisotopic (exact) mass is 168 g/mol. The van der Waals surface area contributed by atoms with E-state index in [1.807, 2.05) is 6.07 Å². The minimum absolute atomic E-state index is 0.646. The lowest BCUT2D eigenvalue weighted by atomic mass is 10.3. The molecule has 1 rings (SSSR count). The number of nitrogens with zero attached hydrogens (tertiary/aromatic N) is 1. The average molecular weight is 168 g/mol. The molecule has 0 atom stereocenters. The molecule has 0 bridgehead atoms. The van der Waals surface area contributed by atoms with Crippen molar-refractivity contribution < 1.29 is 9.28 Å². The summed E-state index contributed by atoms with van der Waals surface area (Å²) in [5.41, 5.74) is 1.70. The highest BCUT2D eigenvalue weighted by atomic mass is 19.2. The van der Waals surface area contributed by atoms with Crippen LogP contribution >= 0.6 is 0 Å². The van der Waals surface area contributed by atoms with Gasteiger partial charge < -0.3 is 0 Å². The van der Waals surface area contributed by atoms with Crippen molar-refractivity contribution in [1.29, 1.82) is 0 Å². The van der Waals surface area contributed by atoms with E-state index in [9.17, 15) is 9.28 Å². The van der Waals surface area contributed by atoms with Gasteiger partial charge >= 0.3 is 6.03 Å². The number of anilines is 1. The predicted octanol–water partition coefficient (Wildman–Crippen LogP) is 1.72. The Labute approximate surface area is 69.7 Å². The quantitative estimate of drug-likeness (QED) is 0.636. The molecule has 0 aliphatic rings. The van der Waals surface area contributed by atoms with E-state index >= 15 is 0 Å². The van der Waals surface area contributed by atoms with Crippen molar-refractivity contribution in [2.75, 3.05) is 11.9 Å². The Bertz CT molecular complexity index is 263. The zero-order valence-corrected chi connectivity index (χ0v) is 6.62. The molecule has 2 amide bonds. The number of para-hydroxylation sites is 1. The normalized spacial score (nSPS) is 9.17. The fraction of sp³-hybridized carbons (Fsp3) is 0.125. The second-order valence-electron chi connectivity index (χ2n) is 2.29. The maximum Gasteiger partial charge on any atom is 0.349 e. The number of carbonyl (C=O) groups is 1. The van der Waals surface area contributed by atoms with Gasteiger partial charge in [0.25, 0.3) is 0 Å². The zero-order chi connectivity index (χ0) is 8.97. The van der Waals surface area contributed by atoms with Gasteiger partial charge in [0.15, 0.2) is 0 Å². The molecular weight excluding hydrogens is 159 g/mol. The Balaban J connectivity index is 2.78. The third-order valence-electron chi connectivity index (χ3n) is 1.53. The Morgan fingerprint density at radius 2 is 2.00 bits per heavy atom. The first kappa shape index (κ1) is 8.52. The van der Waals surface area contributed by atoms with Gasteiger partial charge in [-0.3, -0.25) is 4.90 Å². The molecule has 3 nitrogen and oxygen atoms in total. The highest BCUT2D eigenvalue weighted by Crippen LogP contribution is 2.10. The van der Waals surface area contributed by atoms with Gasteiger partial charge in [-0.15, -0.1) is 0 Å². The van der Waals surface area contributed by atoms with Crippen molar-refractivity contribution >= 4 is 11.7 Å². The Morgan fingerprint density at radius 3 is 2.50 bits per heavy atom. The predicted molar refractivity (Wildman–Crippen MR) is 44.5 cm³/mol. The van der Waals surface area contributed by atoms with Gasteiger partial charge in [0.2, 0.25) is 0 Å². The number of amides is 2. The summed E-state index contributed by atoms with van der Waals surface area (Å²) in [4.78, 5) is 11.9. The van der Waals surface area contributed by atoms with Gasteiger partial charge in [-0.25, -0.2) is 4.79 Å². The van der Waals surface area contributed by atoms with E-state index in [4.69, 9.17) is 0 Å². The Hall–Kier alpha value is -1.58. The number of benzene rings is 1. The van der Waals surface area contributed by atoms with Crippen LogP contribution in [0.1, 0.15) is 0 Å². The minimum atomic E-state index is -0.777. The third kappa shape index (κ3) is 1.72.